The van der Waals surface area contributed by atoms with Crippen LogP contribution in [0.4, 0.5) is 5.82 Å². The van der Waals surface area contributed by atoms with Gasteiger partial charge in [0.05, 0.1) is 9.86 Å². The monoisotopic (exact) mass is 227 g/mol. The number of anilines is 1. The number of halogens is 1. The van der Waals surface area contributed by atoms with Gasteiger partial charge < -0.3 is 10.2 Å². The first-order valence-electron chi connectivity index (χ1n) is 3.35. The molecule has 0 saturated carbocycles. The molecule has 4 nitrogen and oxygen atoms in total. The molecule has 12 heavy (non-hydrogen) atoms. The van der Waals surface area contributed by atoms with Crippen LogP contribution in [0.1, 0.15) is 5.82 Å². The van der Waals surface area contributed by atoms with E-state index in [0.29, 0.717) is 17.4 Å². The number of hydrogen-bond acceptors (Lipinski definition) is 4. The molecular formula is C7H6BrN3O. The number of rotatable bonds is 0. The van der Waals surface area contributed by atoms with E-state index in [1.807, 2.05) is 0 Å². The van der Waals surface area contributed by atoms with Crippen LogP contribution >= 0.6 is 15.9 Å². The second kappa shape index (κ2) is 2.45. The largest absolute Gasteiger partial charge is 0.445 e. The number of aromatic nitrogens is 2. The fourth-order valence-electron chi connectivity index (χ4n) is 1.04. The predicted molar refractivity (Wildman–Crippen MR) is 48.7 cm³/mol. The summed E-state index contributed by atoms with van der Waals surface area (Å²) in [7, 11) is 0. The van der Waals surface area contributed by atoms with Crippen molar-refractivity contribution in [2.45, 2.75) is 6.92 Å². The summed E-state index contributed by atoms with van der Waals surface area (Å²) in [5.41, 5.74) is 6.18. The van der Waals surface area contributed by atoms with Crippen LogP contribution in [0.3, 0.4) is 0 Å². The Labute approximate surface area is 76.9 Å². The van der Waals surface area contributed by atoms with Gasteiger partial charge in [-0.25, -0.2) is 4.98 Å². The van der Waals surface area contributed by atoms with Crippen molar-refractivity contribution in [3.63, 3.8) is 0 Å². The molecule has 0 atom stereocenters. The van der Waals surface area contributed by atoms with Crippen LogP contribution in [-0.4, -0.2) is 9.97 Å². The van der Waals surface area contributed by atoms with Gasteiger partial charge in [0, 0.05) is 0 Å². The Hall–Kier alpha value is -1.10. The van der Waals surface area contributed by atoms with E-state index in [9.17, 15) is 0 Å². The Morgan fingerprint density at radius 2 is 2.25 bits per heavy atom. The molecule has 0 aromatic carbocycles. The molecule has 0 aliphatic rings. The van der Waals surface area contributed by atoms with Gasteiger partial charge in [-0.2, -0.15) is 4.98 Å². The Bertz CT molecular complexity index is 437. The summed E-state index contributed by atoms with van der Waals surface area (Å²) in [5.74, 6) is 1.06. The first-order chi connectivity index (χ1) is 5.68. The maximum atomic E-state index is 5.66. The second-order valence-corrected chi connectivity index (χ2v) is 3.27. The average Bonchev–Trinajstić information content (AvgIpc) is 2.31. The van der Waals surface area contributed by atoms with Crippen LogP contribution in [0, 0.1) is 6.92 Å². The van der Waals surface area contributed by atoms with Crippen molar-refractivity contribution in [2.75, 3.05) is 5.73 Å². The zero-order valence-corrected chi connectivity index (χ0v) is 7.92. The summed E-state index contributed by atoms with van der Waals surface area (Å²) < 4.78 is 5.92. The third kappa shape index (κ3) is 0.972. The zero-order valence-electron chi connectivity index (χ0n) is 6.34. The van der Waals surface area contributed by atoms with Crippen molar-refractivity contribution in [1.82, 2.24) is 9.97 Å². The van der Waals surface area contributed by atoms with Gasteiger partial charge in [-0.1, -0.05) is 0 Å². The average molecular weight is 228 g/mol. The summed E-state index contributed by atoms with van der Waals surface area (Å²) in [6.45, 7) is 1.77. The molecule has 0 saturated heterocycles. The highest BCUT2D eigenvalue weighted by Crippen LogP contribution is 2.28. The molecule has 2 rings (SSSR count). The zero-order chi connectivity index (χ0) is 8.72. The number of furan rings is 1. The Morgan fingerprint density at radius 3 is 3.00 bits per heavy atom. The molecule has 0 spiro atoms. The van der Waals surface area contributed by atoms with Crippen molar-refractivity contribution in [1.29, 1.82) is 0 Å². The molecular weight excluding hydrogens is 222 g/mol. The van der Waals surface area contributed by atoms with Gasteiger partial charge in [-0.05, 0) is 22.9 Å². The van der Waals surface area contributed by atoms with E-state index in [0.717, 1.165) is 9.86 Å². The van der Waals surface area contributed by atoms with Crippen LogP contribution < -0.4 is 5.73 Å². The SMILES string of the molecule is Cc1nc(N)c2c(Br)coc2n1. The molecule has 0 radical (unpaired) electrons. The first-order valence-corrected chi connectivity index (χ1v) is 4.14. The van der Waals surface area contributed by atoms with Crippen molar-refractivity contribution in [3.05, 3.63) is 16.6 Å². The molecule has 0 amide bonds. The van der Waals surface area contributed by atoms with E-state index in [4.69, 9.17) is 10.2 Å². The van der Waals surface area contributed by atoms with E-state index in [1.54, 1.807) is 13.2 Å². The lowest BCUT2D eigenvalue weighted by Crippen LogP contribution is -1.95. The minimum atomic E-state index is 0.443. The topological polar surface area (TPSA) is 64.9 Å². The Kier molecular flexibility index (Phi) is 1.54. The number of nitrogens with two attached hydrogens (primary N) is 1. The van der Waals surface area contributed by atoms with Gasteiger partial charge in [-0.3, -0.25) is 0 Å². The van der Waals surface area contributed by atoms with E-state index < -0.39 is 0 Å². The van der Waals surface area contributed by atoms with Crippen LogP contribution in [0.5, 0.6) is 0 Å². The van der Waals surface area contributed by atoms with Crippen molar-refractivity contribution in [2.24, 2.45) is 0 Å². The molecule has 5 heteroatoms. The van der Waals surface area contributed by atoms with Crippen LogP contribution in [0.2, 0.25) is 0 Å². The number of nitrogens with zero attached hydrogens (tertiary/aromatic N) is 2. The normalized spacial score (nSPS) is 10.8. The van der Waals surface area contributed by atoms with Crippen LogP contribution in [-0.2, 0) is 0 Å². The van der Waals surface area contributed by atoms with E-state index in [1.165, 1.54) is 0 Å². The third-order valence-electron chi connectivity index (χ3n) is 1.53. The Balaban J connectivity index is 2.93. The fourth-order valence-corrected chi connectivity index (χ4v) is 1.51. The van der Waals surface area contributed by atoms with Crippen molar-refractivity contribution in [3.8, 4) is 0 Å². The lowest BCUT2D eigenvalue weighted by atomic mass is 10.4. The minimum absolute atomic E-state index is 0.443. The fraction of sp³-hybridized carbons (Fsp3) is 0.143. The number of fused-ring (bicyclic) bond motifs is 1. The molecule has 2 heterocycles. The summed E-state index contributed by atoms with van der Waals surface area (Å²) in [6, 6.07) is 0. The lowest BCUT2D eigenvalue weighted by molar-refractivity contribution is 0.599. The highest BCUT2D eigenvalue weighted by Gasteiger charge is 2.09. The summed E-state index contributed by atoms with van der Waals surface area (Å²) in [6.07, 6.45) is 1.55. The molecule has 2 N–H and O–H groups in total. The quantitative estimate of drug-likeness (QED) is 0.747. The predicted octanol–water partition coefficient (Wildman–Crippen LogP) is 1.88. The van der Waals surface area contributed by atoms with Gasteiger partial charge in [-0.15, -0.1) is 0 Å². The molecule has 0 aliphatic heterocycles. The maximum absolute atomic E-state index is 5.66. The van der Waals surface area contributed by atoms with Gasteiger partial charge in [0.1, 0.15) is 17.9 Å². The third-order valence-corrected chi connectivity index (χ3v) is 2.11. The maximum Gasteiger partial charge on any atom is 0.232 e. The molecule has 2 aromatic rings. The summed E-state index contributed by atoms with van der Waals surface area (Å²) in [4.78, 5) is 8.08. The van der Waals surface area contributed by atoms with Gasteiger partial charge in [0.2, 0.25) is 5.71 Å². The molecule has 0 fully saturated rings. The minimum Gasteiger partial charge on any atom is -0.445 e. The highest BCUT2D eigenvalue weighted by atomic mass is 79.9. The van der Waals surface area contributed by atoms with E-state index >= 15 is 0 Å². The standard InChI is InChI=1S/C7H6BrN3O/c1-3-10-6(9)5-4(8)2-12-7(5)11-3/h2H,1H3,(H2,9,10,11). The van der Waals surface area contributed by atoms with Crippen LogP contribution in [0.25, 0.3) is 11.1 Å². The van der Waals surface area contributed by atoms with Crippen LogP contribution in [0.15, 0.2) is 15.2 Å². The Morgan fingerprint density at radius 1 is 1.50 bits per heavy atom. The van der Waals surface area contributed by atoms with E-state index in [-0.39, 0.29) is 0 Å². The second-order valence-electron chi connectivity index (χ2n) is 2.42. The highest BCUT2D eigenvalue weighted by molar-refractivity contribution is 9.10. The molecule has 0 unspecified atom stereocenters. The van der Waals surface area contributed by atoms with E-state index in [2.05, 4.69) is 25.9 Å². The molecule has 0 bridgehead atoms. The number of aryl methyl sites for hydroxylation is 1. The van der Waals surface area contributed by atoms with Gasteiger partial charge >= 0.3 is 0 Å². The van der Waals surface area contributed by atoms with Gasteiger partial charge in [0.25, 0.3) is 0 Å². The van der Waals surface area contributed by atoms with Gasteiger partial charge in [0.15, 0.2) is 0 Å². The first kappa shape index (κ1) is 7.54. The lowest BCUT2D eigenvalue weighted by Gasteiger charge is -1.95. The summed E-state index contributed by atoms with van der Waals surface area (Å²) >= 11 is 3.29. The molecule has 62 valence electrons. The van der Waals surface area contributed by atoms with Crippen molar-refractivity contribution < 1.29 is 4.42 Å². The van der Waals surface area contributed by atoms with Crippen molar-refractivity contribution >= 4 is 32.8 Å². The smallest absolute Gasteiger partial charge is 0.232 e. The number of nitrogen functional groups attached to an aromatic ring is 1. The number of hydrogen-bond donors (Lipinski definition) is 1. The molecule has 0 aliphatic carbocycles. The molecule has 2 aromatic heterocycles. The summed E-state index contributed by atoms with van der Waals surface area (Å²) in [5, 5.41) is 0.737.